The minimum absolute atomic E-state index is 0.419. The Bertz CT molecular complexity index is 330. The first-order valence-electron chi connectivity index (χ1n) is 3.89. The predicted octanol–water partition coefficient (Wildman–Crippen LogP) is 1.36. The molecule has 0 aliphatic rings. The number of rotatable bonds is 4. The average Bonchev–Trinajstić information content (AvgIpc) is 2.14. The molecule has 0 aliphatic heterocycles. The molecule has 76 valence electrons. The van der Waals surface area contributed by atoms with Crippen LogP contribution in [0.2, 0.25) is 0 Å². The molecule has 2 N–H and O–H groups in total. The predicted molar refractivity (Wildman–Crippen MR) is 50.8 cm³/mol. The summed E-state index contributed by atoms with van der Waals surface area (Å²) in [6.45, 7) is -0.476. The lowest BCUT2D eigenvalue weighted by atomic mass is 10.3. The molecule has 1 aromatic rings. The third-order valence-corrected chi connectivity index (χ3v) is 2.68. The Kier molecular flexibility index (Phi) is 3.91. The van der Waals surface area contributed by atoms with Crippen molar-refractivity contribution in [2.45, 2.75) is 10.1 Å². The molecule has 0 aromatic heterocycles. The molecule has 1 aromatic carbocycles. The van der Waals surface area contributed by atoms with Crippen LogP contribution in [0.4, 0.5) is 4.39 Å². The zero-order valence-electron chi connectivity index (χ0n) is 7.18. The number of carboxylic acid groups (broad SMARTS) is 1. The molecule has 0 bridgehead atoms. The summed E-state index contributed by atoms with van der Waals surface area (Å²) in [4.78, 5) is 11.0. The molecule has 0 aliphatic carbocycles. The van der Waals surface area contributed by atoms with E-state index >= 15 is 0 Å². The number of aliphatic hydroxyl groups excluding tert-OH is 1. The number of halogens is 1. The zero-order chi connectivity index (χ0) is 10.6. The Morgan fingerprint density at radius 3 is 2.79 bits per heavy atom. The van der Waals surface area contributed by atoms with Crippen LogP contribution in [0.15, 0.2) is 29.2 Å². The number of carboxylic acids is 1. The van der Waals surface area contributed by atoms with E-state index in [0.717, 1.165) is 11.8 Å². The second-order valence-corrected chi connectivity index (χ2v) is 3.86. The first kappa shape index (κ1) is 11.0. The van der Waals surface area contributed by atoms with E-state index in [1.807, 2.05) is 0 Å². The largest absolute Gasteiger partial charge is 0.480 e. The first-order chi connectivity index (χ1) is 6.63. The molecule has 5 heteroatoms. The van der Waals surface area contributed by atoms with Gasteiger partial charge in [-0.15, -0.1) is 11.8 Å². The molecule has 3 nitrogen and oxygen atoms in total. The number of carbonyl (C=O) groups is 1. The van der Waals surface area contributed by atoms with Crippen molar-refractivity contribution in [3.05, 3.63) is 30.1 Å². The van der Waals surface area contributed by atoms with Crippen LogP contribution < -0.4 is 0 Å². The molecular weight excluding hydrogens is 207 g/mol. The van der Waals surface area contributed by atoms with Crippen LogP contribution in [0.3, 0.4) is 0 Å². The lowest BCUT2D eigenvalue weighted by Crippen LogP contribution is -2.20. The van der Waals surface area contributed by atoms with Crippen molar-refractivity contribution in [1.29, 1.82) is 0 Å². The maximum atomic E-state index is 12.7. The van der Waals surface area contributed by atoms with Gasteiger partial charge >= 0.3 is 5.97 Å². The topological polar surface area (TPSA) is 57.5 Å². The number of hydrogen-bond acceptors (Lipinski definition) is 3. The van der Waals surface area contributed by atoms with Gasteiger partial charge in [-0.2, -0.15) is 0 Å². The van der Waals surface area contributed by atoms with Gasteiger partial charge < -0.3 is 10.2 Å². The van der Waals surface area contributed by atoms with Gasteiger partial charge in [0.05, 0.1) is 6.61 Å². The molecule has 0 amide bonds. The molecule has 0 fully saturated rings. The van der Waals surface area contributed by atoms with Crippen molar-refractivity contribution in [1.82, 2.24) is 0 Å². The molecule has 0 saturated carbocycles. The summed E-state index contributed by atoms with van der Waals surface area (Å²) in [6.07, 6.45) is 0. The Labute approximate surface area is 84.6 Å². The fraction of sp³-hybridized carbons (Fsp3) is 0.222. The summed E-state index contributed by atoms with van der Waals surface area (Å²) in [5, 5.41) is 16.4. The summed E-state index contributed by atoms with van der Waals surface area (Å²) in [5.41, 5.74) is 0. The van der Waals surface area contributed by atoms with Crippen molar-refractivity contribution in [2.24, 2.45) is 0 Å². The van der Waals surface area contributed by atoms with Crippen molar-refractivity contribution >= 4 is 17.7 Å². The highest BCUT2D eigenvalue weighted by Gasteiger charge is 2.17. The Balaban J connectivity index is 2.72. The molecule has 0 spiro atoms. The van der Waals surface area contributed by atoms with Gasteiger partial charge in [0.2, 0.25) is 0 Å². The molecule has 1 atom stereocenters. The number of aliphatic hydroxyl groups is 1. The van der Waals surface area contributed by atoms with Crippen LogP contribution in [0.1, 0.15) is 0 Å². The second kappa shape index (κ2) is 4.97. The summed E-state index contributed by atoms with van der Waals surface area (Å²) < 4.78 is 12.7. The second-order valence-electron chi connectivity index (χ2n) is 2.58. The Hall–Kier alpha value is -1.07. The Morgan fingerprint density at radius 1 is 1.57 bits per heavy atom. The molecule has 0 heterocycles. The van der Waals surface area contributed by atoms with E-state index in [1.165, 1.54) is 18.2 Å². The van der Waals surface area contributed by atoms with Crippen molar-refractivity contribution in [2.75, 3.05) is 6.61 Å². The lowest BCUT2D eigenvalue weighted by Gasteiger charge is -2.07. The van der Waals surface area contributed by atoms with Crippen LogP contribution in [0.5, 0.6) is 0 Å². The van der Waals surface area contributed by atoms with E-state index in [1.54, 1.807) is 6.07 Å². The van der Waals surface area contributed by atoms with Gasteiger partial charge in [-0.3, -0.25) is 4.79 Å². The number of hydrogen-bond donors (Lipinski definition) is 2. The standard InChI is InChI=1S/C9H9FO3S/c10-6-2-1-3-7(4-6)14-8(5-11)9(12)13/h1-4,8,11H,5H2,(H,12,13). The van der Waals surface area contributed by atoms with E-state index in [2.05, 4.69) is 0 Å². The van der Waals surface area contributed by atoms with Crippen LogP contribution in [0.25, 0.3) is 0 Å². The third-order valence-electron chi connectivity index (χ3n) is 1.52. The lowest BCUT2D eigenvalue weighted by molar-refractivity contribution is -0.137. The SMILES string of the molecule is O=C(O)C(CO)Sc1cccc(F)c1. The normalized spacial score (nSPS) is 12.4. The first-order valence-corrected chi connectivity index (χ1v) is 4.77. The van der Waals surface area contributed by atoms with Crippen molar-refractivity contribution in [3.8, 4) is 0 Å². The van der Waals surface area contributed by atoms with E-state index in [4.69, 9.17) is 10.2 Å². The monoisotopic (exact) mass is 216 g/mol. The van der Waals surface area contributed by atoms with Gasteiger partial charge in [0.25, 0.3) is 0 Å². The summed E-state index contributed by atoms with van der Waals surface area (Å²) >= 11 is 0.921. The molecule has 0 saturated heterocycles. The quantitative estimate of drug-likeness (QED) is 0.746. The molecule has 0 radical (unpaired) electrons. The minimum Gasteiger partial charge on any atom is -0.480 e. The van der Waals surface area contributed by atoms with Crippen LogP contribution in [-0.2, 0) is 4.79 Å². The van der Waals surface area contributed by atoms with E-state index < -0.39 is 23.6 Å². The summed E-state index contributed by atoms with van der Waals surface area (Å²) in [5.74, 6) is -1.53. The molecule has 1 unspecified atom stereocenters. The van der Waals surface area contributed by atoms with Crippen LogP contribution in [-0.4, -0.2) is 28.0 Å². The number of aliphatic carboxylic acids is 1. The van der Waals surface area contributed by atoms with E-state index in [0.29, 0.717) is 4.90 Å². The number of benzene rings is 1. The highest BCUT2D eigenvalue weighted by molar-refractivity contribution is 8.00. The third kappa shape index (κ3) is 3.01. The molecular formula is C9H9FO3S. The molecule has 1 rings (SSSR count). The summed E-state index contributed by atoms with van der Waals surface area (Å²) in [6, 6.07) is 5.60. The maximum Gasteiger partial charge on any atom is 0.319 e. The van der Waals surface area contributed by atoms with Crippen LogP contribution >= 0.6 is 11.8 Å². The van der Waals surface area contributed by atoms with E-state index in [9.17, 15) is 9.18 Å². The van der Waals surface area contributed by atoms with Gasteiger partial charge in [0, 0.05) is 4.90 Å². The highest BCUT2D eigenvalue weighted by atomic mass is 32.2. The summed E-state index contributed by atoms with van der Waals surface area (Å²) in [7, 11) is 0. The van der Waals surface area contributed by atoms with Gasteiger partial charge in [-0.25, -0.2) is 4.39 Å². The fourth-order valence-corrected chi connectivity index (χ4v) is 1.71. The minimum atomic E-state index is -1.11. The number of thioether (sulfide) groups is 1. The fourth-order valence-electron chi connectivity index (χ4n) is 0.870. The van der Waals surface area contributed by atoms with Crippen molar-refractivity contribution in [3.63, 3.8) is 0 Å². The van der Waals surface area contributed by atoms with Gasteiger partial charge in [-0.05, 0) is 18.2 Å². The van der Waals surface area contributed by atoms with Crippen molar-refractivity contribution < 1.29 is 19.4 Å². The zero-order valence-corrected chi connectivity index (χ0v) is 8.00. The molecule has 14 heavy (non-hydrogen) atoms. The smallest absolute Gasteiger partial charge is 0.319 e. The van der Waals surface area contributed by atoms with Gasteiger partial charge in [0.1, 0.15) is 11.1 Å². The van der Waals surface area contributed by atoms with Crippen LogP contribution in [0, 0.1) is 5.82 Å². The average molecular weight is 216 g/mol. The maximum absolute atomic E-state index is 12.7. The highest BCUT2D eigenvalue weighted by Crippen LogP contribution is 2.23. The Morgan fingerprint density at radius 2 is 2.29 bits per heavy atom. The van der Waals surface area contributed by atoms with Gasteiger partial charge in [-0.1, -0.05) is 6.07 Å². The van der Waals surface area contributed by atoms with Gasteiger partial charge in [0.15, 0.2) is 0 Å². The van der Waals surface area contributed by atoms with E-state index in [-0.39, 0.29) is 0 Å².